The molecule has 1 aliphatic carbocycles. The zero-order valence-electron chi connectivity index (χ0n) is 13.5. The molecule has 0 amide bonds. The highest BCUT2D eigenvalue weighted by atomic mass is 16.3. The fraction of sp³-hybridized carbons (Fsp3) is 0.684. The largest absolute Gasteiger partial charge is 0.508 e. The molecule has 2 heteroatoms. The molecule has 0 spiro atoms. The second kappa shape index (κ2) is 9.09. The van der Waals surface area contributed by atoms with Crippen LogP contribution in [-0.4, -0.2) is 11.7 Å². The van der Waals surface area contributed by atoms with Crippen molar-refractivity contribution in [3.05, 3.63) is 29.3 Å². The van der Waals surface area contributed by atoms with E-state index in [0.717, 1.165) is 13.0 Å². The van der Waals surface area contributed by atoms with Crippen molar-refractivity contribution >= 4 is 0 Å². The summed E-state index contributed by atoms with van der Waals surface area (Å²) in [6.07, 6.45) is 13.3. The minimum Gasteiger partial charge on any atom is -0.508 e. The maximum Gasteiger partial charge on any atom is 0.115 e. The van der Waals surface area contributed by atoms with E-state index in [1.807, 2.05) is 12.1 Å². The molecule has 2 rings (SSSR count). The summed E-state index contributed by atoms with van der Waals surface area (Å²) in [6.45, 7) is 3.40. The molecule has 2 nitrogen and oxygen atoms in total. The molecule has 2 N–H and O–H groups in total. The maximum absolute atomic E-state index is 9.51. The Morgan fingerprint density at radius 1 is 1.05 bits per heavy atom. The van der Waals surface area contributed by atoms with Crippen LogP contribution in [0.3, 0.4) is 0 Å². The van der Waals surface area contributed by atoms with Gasteiger partial charge in [0.05, 0.1) is 0 Å². The smallest absolute Gasteiger partial charge is 0.115 e. The topological polar surface area (TPSA) is 32.3 Å². The number of phenols is 1. The first kappa shape index (κ1) is 16.4. The third-order valence-corrected chi connectivity index (χ3v) is 4.63. The van der Waals surface area contributed by atoms with Gasteiger partial charge in [0, 0.05) is 6.04 Å². The third kappa shape index (κ3) is 5.35. The number of unbranched alkanes of at least 4 members (excludes halogenated alkanes) is 7. The summed E-state index contributed by atoms with van der Waals surface area (Å²) in [5.74, 6) is 0.400. The average molecular weight is 289 g/mol. The standard InChI is InChI=1S/C19H31NO/c1-2-3-4-5-6-7-8-9-14-20-19-13-10-16-15-17(21)11-12-18(16)19/h11-12,15,19-21H,2-10,13-14H2,1H3. The SMILES string of the molecule is CCCCCCCCCCNC1CCc2cc(O)ccc21. The van der Waals surface area contributed by atoms with Crippen LogP contribution in [0.2, 0.25) is 0 Å². The van der Waals surface area contributed by atoms with Crippen LogP contribution < -0.4 is 5.32 Å². The summed E-state index contributed by atoms with van der Waals surface area (Å²) < 4.78 is 0. The van der Waals surface area contributed by atoms with E-state index in [4.69, 9.17) is 0 Å². The molecule has 1 aromatic carbocycles. The highest BCUT2D eigenvalue weighted by Gasteiger charge is 2.21. The van der Waals surface area contributed by atoms with Gasteiger partial charge in [-0.25, -0.2) is 0 Å². The summed E-state index contributed by atoms with van der Waals surface area (Å²) in [4.78, 5) is 0. The molecule has 0 fully saturated rings. The molecule has 0 aromatic heterocycles. The second-order valence-electron chi connectivity index (χ2n) is 6.40. The fourth-order valence-electron chi connectivity index (χ4n) is 3.35. The van der Waals surface area contributed by atoms with E-state index in [1.54, 1.807) is 0 Å². The lowest BCUT2D eigenvalue weighted by Gasteiger charge is -2.14. The van der Waals surface area contributed by atoms with Gasteiger partial charge in [0.1, 0.15) is 5.75 Å². The lowest BCUT2D eigenvalue weighted by atomic mass is 10.1. The van der Waals surface area contributed by atoms with E-state index < -0.39 is 0 Å². The predicted octanol–water partition coefficient (Wildman–Crippen LogP) is 5.11. The Labute approximate surface area is 130 Å². The molecule has 0 saturated heterocycles. The van der Waals surface area contributed by atoms with E-state index in [2.05, 4.69) is 18.3 Å². The van der Waals surface area contributed by atoms with Crippen molar-refractivity contribution in [2.45, 2.75) is 77.2 Å². The molecule has 0 aliphatic heterocycles. The van der Waals surface area contributed by atoms with Gasteiger partial charge in [0.25, 0.3) is 0 Å². The van der Waals surface area contributed by atoms with E-state index >= 15 is 0 Å². The number of aromatic hydroxyl groups is 1. The van der Waals surface area contributed by atoms with Crippen LogP contribution in [0.4, 0.5) is 0 Å². The Morgan fingerprint density at radius 2 is 1.76 bits per heavy atom. The second-order valence-corrected chi connectivity index (χ2v) is 6.40. The number of aryl methyl sites for hydroxylation is 1. The number of benzene rings is 1. The number of hydrogen-bond donors (Lipinski definition) is 2. The summed E-state index contributed by atoms with van der Waals surface area (Å²) in [7, 11) is 0. The Bertz CT molecular complexity index is 416. The third-order valence-electron chi connectivity index (χ3n) is 4.63. The molecule has 21 heavy (non-hydrogen) atoms. The normalized spacial score (nSPS) is 17.1. The van der Waals surface area contributed by atoms with Gasteiger partial charge in [-0.05, 0) is 49.1 Å². The molecule has 1 aromatic rings. The zero-order valence-corrected chi connectivity index (χ0v) is 13.5. The van der Waals surface area contributed by atoms with Crippen molar-refractivity contribution < 1.29 is 5.11 Å². The Hall–Kier alpha value is -1.02. The first-order chi connectivity index (χ1) is 10.3. The highest BCUT2D eigenvalue weighted by Crippen LogP contribution is 2.33. The van der Waals surface area contributed by atoms with Gasteiger partial charge < -0.3 is 10.4 Å². The van der Waals surface area contributed by atoms with Gasteiger partial charge >= 0.3 is 0 Å². The van der Waals surface area contributed by atoms with Crippen LogP contribution in [0.15, 0.2) is 18.2 Å². The number of phenolic OH excluding ortho intramolecular Hbond substituents is 1. The summed E-state index contributed by atoms with van der Waals surface area (Å²) in [5, 5.41) is 13.2. The van der Waals surface area contributed by atoms with Crippen molar-refractivity contribution in [2.24, 2.45) is 0 Å². The molecular formula is C19H31NO. The molecule has 0 heterocycles. The van der Waals surface area contributed by atoms with Crippen molar-refractivity contribution in [1.29, 1.82) is 0 Å². The van der Waals surface area contributed by atoms with Gasteiger partial charge in [0.2, 0.25) is 0 Å². The zero-order chi connectivity index (χ0) is 14.9. The molecule has 0 bridgehead atoms. The van der Waals surface area contributed by atoms with Crippen LogP contribution in [0.1, 0.15) is 81.9 Å². The van der Waals surface area contributed by atoms with Gasteiger partial charge in [-0.3, -0.25) is 0 Å². The lowest BCUT2D eigenvalue weighted by Crippen LogP contribution is -2.20. The Morgan fingerprint density at radius 3 is 2.52 bits per heavy atom. The minimum absolute atomic E-state index is 0.400. The van der Waals surface area contributed by atoms with E-state index in [9.17, 15) is 5.11 Å². The number of hydrogen-bond acceptors (Lipinski definition) is 2. The highest BCUT2D eigenvalue weighted by molar-refractivity contribution is 5.39. The van der Waals surface area contributed by atoms with Crippen LogP contribution >= 0.6 is 0 Å². The van der Waals surface area contributed by atoms with Crippen molar-refractivity contribution in [3.8, 4) is 5.75 Å². The van der Waals surface area contributed by atoms with Crippen LogP contribution in [0.5, 0.6) is 5.75 Å². The van der Waals surface area contributed by atoms with Gasteiger partial charge in [-0.15, -0.1) is 0 Å². The predicted molar refractivity (Wildman–Crippen MR) is 89.8 cm³/mol. The Kier molecular flexibility index (Phi) is 7.08. The van der Waals surface area contributed by atoms with Crippen molar-refractivity contribution in [3.63, 3.8) is 0 Å². The van der Waals surface area contributed by atoms with Gasteiger partial charge in [-0.1, -0.05) is 57.9 Å². The summed E-state index contributed by atoms with van der Waals surface area (Å²) >= 11 is 0. The fourth-order valence-corrected chi connectivity index (χ4v) is 3.35. The Balaban J connectivity index is 1.55. The number of fused-ring (bicyclic) bond motifs is 1. The summed E-state index contributed by atoms with van der Waals surface area (Å²) in [6, 6.07) is 6.33. The van der Waals surface area contributed by atoms with E-state index in [0.29, 0.717) is 11.8 Å². The molecule has 118 valence electrons. The molecule has 0 saturated carbocycles. The van der Waals surface area contributed by atoms with Gasteiger partial charge in [0.15, 0.2) is 0 Å². The first-order valence-electron chi connectivity index (χ1n) is 8.86. The number of nitrogens with one attached hydrogen (secondary N) is 1. The molecular weight excluding hydrogens is 258 g/mol. The van der Waals surface area contributed by atoms with E-state index in [-0.39, 0.29) is 0 Å². The average Bonchev–Trinajstić information content (AvgIpc) is 2.88. The van der Waals surface area contributed by atoms with Crippen LogP contribution in [-0.2, 0) is 6.42 Å². The number of rotatable bonds is 10. The van der Waals surface area contributed by atoms with E-state index in [1.165, 1.54) is 68.9 Å². The first-order valence-corrected chi connectivity index (χ1v) is 8.86. The summed E-state index contributed by atoms with van der Waals surface area (Å²) in [5.41, 5.74) is 2.72. The monoisotopic (exact) mass is 289 g/mol. The quantitative estimate of drug-likeness (QED) is 0.587. The lowest BCUT2D eigenvalue weighted by molar-refractivity contribution is 0.474. The minimum atomic E-state index is 0.400. The van der Waals surface area contributed by atoms with Crippen molar-refractivity contribution in [2.75, 3.05) is 6.54 Å². The molecule has 1 atom stereocenters. The van der Waals surface area contributed by atoms with Crippen molar-refractivity contribution in [1.82, 2.24) is 5.32 Å². The van der Waals surface area contributed by atoms with Crippen LogP contribution in [0, 0.1) is 0 Å². The maximum atomic E-state index is 9.51. The van der Waals surface area contributed by atoms with Crippen LogP contribution in [0.25, 0.3) is 0 Å². The van der Waals surface area contributed by atoms with Gasteiger partial charge in [-0.2, -0.15) is 0 Å². The molecule has 1 aliphatic rings. The molecule has 1 unspecified atom stereocenters. The molecule has 0 radical (unpaired) electrons.